The molecule has 0 saturated heterocycles. The molecule has 2 bridgehead atoms. The third-order valence-electron chi connectivity index (χ3n) is 11.8. The summed E-state index contributed by atoms with van der Waals surface area (Å²) < 4.78 is 4.88. The molecule has 0 aliphatic rings. The van der Waals surface area contributed by atoms with Crippen LogP contribution in [0.15, 0.2) is 212 Å². The molecule has 266 valence electrons. The van der Waals surface area contributed by atoms with Crippen molar-refractivity contribution in [1.29, 1.82) is 0 Å². The number of benzene rings is 9. The van der Waals surface area contributed by atoms with E-state index >= 15 is 0 Å². The van der Waals surface area contributed by atoms with E-state index in [0.717, 1.165) is 22.7 Å². The molecule has 0 radical (unpaired) electrons. The average molecular weight is 726 g/mol. The van der Waals surface area contributed by atoms with Gasteiger partial charge in [0, 0.05) is 55.1 Å². The summed E-state index contributed by atoms with van der Waals surface area (Å²) in [5, 5.41) is 9.96. The van der Waals surface area contributed by atoms with Gasteiger partial charge in [-0.3, -0.25) is 0 Å². The van der Waals surface area contributed by atoms with Gasteiger partial charge in [-0.05, 0) is 94.7 Å². The van der Waals surface area contributed by atoms with E-state index in [1.54, 1.807) is 0 Å². The Morgan fingerprint density at radius 1 is 0.298 bits per heavy atom. The van der Waals surface area contributed by atoms with Gasteiger partial charge in [0.1, 0.15) is 0 Å². The van der Waals surface area contributed by atoms with E-state index in [9.17, 15) is 0 Å². The van der Waals surface area contributed by atoms with Crippen LogP contribution in [0.3, 0.4) is 0 Å². The van der Waals surface area contributed by atoms with E-state index < -0.39 is 0 Å². The number of nitrogens with zero attached hydrogens (tertiary/aromatic N) is 3. The number of fused-ring (bicyclic) bond motifs is 12. The molecule has 0 amide bonds. The molecule has 3 heteroatoms. The Kier molecular flexibility index (Phi) is 6.93. The summed E-state index contributed by atoms with van der Waals surface area (Å²) in [5.74, 6) is 0. The third kappa shape index (κ3) is 4.86. The molecule has 0 unspecified atom stereocenters. The van der Waals surface area contributed by atoms with Crippen LogP contribution in [0.4, 0.5) is 17.1 Å². The molecule has 0 spiro atoms. The highest BCUT2D eigenvalue weighted by Crippen LogP contribution is 2.42. The fourth-order valence-corrected chi connectivity index (χ4v) is 9.28. The summed E-state index contributed by atoms with van der Waals surface area (Å²) >= 11 is 0. The van der Waals surface area contributed by atoms with Crippen molar-refractivity contribution >= 4 is 87.7 Å². The minimum Gasteiger partial charge on any atom is -0.310 e. The molecular formula is C54H35N3. The molecule has 0 saturated carbocycles. The van der Waals surface area contributed by atoms with E-state index in [-0.39, 0.29) is 0 Å². The van der Waals surface area contributed by atoms with Gasteiger partial charge in [-0.2, -0.15) is 0 Å². The molecule has 12 rings (SSSR count). The molecule has 0 atom stereocenters. The Balaban J connectivity index is 1.10. The fourth-order valence-electron chi connectivity index (χ4n) is 9.28. The van der Waals surface area contributed by atoms with Crippen LogP contribution in [0.2, 0.25) is 0 Å². The molecule has 3 nitrogen and oxygen atoms in total. The van der Waals surface area contributed by atoms with Crippen LogP contribution in [0.1, 0.15) is 0 Å². The van der Waals surface area contributed by atoms with Crippen LogP contribution >= 0.6 is 0 Å². The molecule has 57 heavy (non-hydrogen) atoms. The van der Waals surface area contributed by atoms with E-state index in [1.165, 1.54) is 81.8 Å². The van der Waals surface area contributed by atoms with Gasteiger partial charge in [0.15, 0.2) is 0 Å². The summed E-state index contributed by atoms with van der Waals surface area (Å²) in [7, 11) is 0. The summed E-state index contributed by atoms with van der Waals surface area (Å²) in [5.41, 5.74) is 12.8. The highest BCUT2D eigenvalue weighted by Gasteiger charge is 2.19. The summed E-state index contributed by atoms with van der Waals surface area (Å²) in [4.78, 5) is 2.40. The Morgan fingerprint density at radius 2 is 0.807 bits per heavy atom. The smallest absolute Gasteiger partial charge is 0.0619 e. The van der Waals surface area contributed by atoms with E-state index in [1.807, 2.05) is 0 Å². The number of hydrogen-bond acceptors (Lipinski definition) is 1. The third-order valence-corrected chi connectivity index (χ3v) is 11.8. The molecule has 0 N–H and O–H groups in total. The number of anilines is 3. The lowest BCUT2D eigenvalue weighted by Crippen LogP contribution is -2.10. The Labute approximate surface area is 329 Å². The van der Waals surface area contributed by atoms with Crippen molar-refractivity contribution in [2.45, 2.75) is 0 Å². The molecule has 9 aromatic carbocycles. The van der Waals surface area contributed by atoms with E-state index in [0.29, 0.717) is 0 Å². The molecular weight excluding hydrogens is 691 g/mol. The maximum Gasteiger partial charge on any atom is 0.0619 e. The summed E-state index contributed by atoms with van der Waals surface area (Å²) in [6, 6.07) is 77.6. The molecule has 0 aliphatic heterocycles. The second-order valence-corrected chi connectivity index (χ2v) is 15.0. The Hall–Kier alpha value is -7.62. The molecule has 3 aromatic heterocycles. The van der Waals surface area contributed by atoms with Gasteiger partial charge in [0.25, 0.3) is 0 Å². The van der Waals surface area contributed by atoms with Crippen molar-refractivity contribution < 1.29 is 0 Å². The first-order valence-electron chi connectivity index (χ1n) is 19.6. The van der Waals surface area contributed by atoms with Gasteiger partial charge in [-0.1, -0.05) is 140 Å². The number of hydrogen-bond donors (Lipinski definition) is 0. The molecule has 3 heterocycles. The van der Waals surface area contributed by atoms with Gasteiger partial charge in [-0.25, -0.2) is 0 Å². The van der Waals surface area contributed by atoms with Gasteiger partial charge >= 0.3 is 0 Å². The highest BCUT2D eigenvalue weighted by atomic mass is 15.1. The van der Waals surface area contributed by atoms with Crippen LogP contribution in [0, 0.1) is 0 Å². The minimum atomic E-state index is 1.09. The second kappa shape index (κ2) is 12.5. The zero-order valence-corrected chi connectivity index (χ0v) is 31.0. The minimum absolute atomic E-state index is 1.09. The Morgan fingerprint density at radius 3 is 1.53 bits per heavy atom. The number of rotatable bonds is 5. The first-order valence-corrected chi connectivity index (χ1v) is 19.6. The lowest BCUT2D eigenvalue weighted by atomic mass is 10.0. The quantitative estimate of drug-likeness (QED) is 0.172. The largest absolute Gasteiger partial charge is 0.310 e. The van der Waals surface area contributed by atoms with Gasteiger partial charge in [0.2, 0.25) is 0 Å². The van der Waals surface area contributed by atoms with Crippen molar-refractivity contribution in [3.63, 3.8) is 0 Å². The number of aromatic nitrogens is 2. The predicted molar refractivity (Wildman–Crippen MR) is 242 cm³/mol. The van der Waals surface area contributed by atoms with Gasteiger partial charge in [0.05, 0.1) is 27.6 Å². The zero-order valence-electron chi connectivity index (χ0n) is 31.0. The molecule has 0 fully saturated rings. The topological polar surface area (TPSA) is 12.6 Å². The lowest BCUT2D eigenvalue weighted by Gasteiger charge is -2.26. The van der Waals surface area contributed by atoms with Crippen molar-refractivity contribution in [2.75, 3.05) is 4.90 Å². The van der Waals surface area contributed by atoms with Crippen molar-refractivity contribution in [3.8, 4) is 16.8 Å². The second-order valence-electron chi connectivity index (χ2n) is 15.0. The van der Waals surface area contributed by atoms with Crippen molar-refractivity contribution in [2.24, 2.45) is 0 Å². The summed E-state index contributed by atoms with van der Waals surface area (Å²) in [6.07, 6.45) is 0. The van der Waals surface area contributed by atoms with Crippen LogP contribution in [0.25, 0.3) is 87.5 Å². The average Bonchev–Trinajstić information content (AvgIpc) is 3.80. The standard InChI is InChI=1S/C54H35N3/c1-2-12-36(13-3-1)37-24-26-40(27-25-37)55(41-28-30-42(31-29-41)56-51-22-8-5-17-46(51)47-18-6-9-23-52(47)56)43-32-33-48-49-20-11-19-45-39-15-10-14-38(34-39)44-16-4-7-21-50(44)57(54(45)49)53(48)35-43/h1-35H. The number of para-hydroxylation sites is 4. The summed E-state index contributed by atoms with van der Waals surface area (Å²) in [6.45, 7) is 0. The Bertz CT molecular complexity index is 3450. The van der Waals surface area contributed by atoms with Gasteiger partial charge in [-0.15, -0.1) is 0 Å². The van der Waals surface area contributed by atoms with Gasteiger partial charge < -0.3 is 13.9 Å². The molecule has 0 aliphatic carbocycles. The van der Waals surface area contributed by atoms with Crippen LogP contribution in [-0.4, -0.2) is 8.97 Å². The van der Waals surface area contributed by atoms with Crippen LogP contribution in [0.5, 0.6) is 0 Å². The van der Waals surface area contributed by atoms with E-state index in [4.69, 9.17) is 0 Å². The monoisotopic (exact) mass is 725 g/mol. The van der Waals surface area contributed by atoms with E-state index in [2.05, 4.69) is 226 Å². The first-order chi connectivity index (χ1) is 28.3. The maximum absolute atomic E-state index is 2.50. The van der Waals surface area contributed by atoms with Crippen LogP contribution < -0.4 is 4.90 Å². The lowest BCUT2D eigenvalue weighted by molar-refractivity contribution is 1.17. The normalized spacial score (nSPS) is 11.9. The van der Waals surface area contributed by atoms with Crippen molar-refractivity contribution in [1.82, 2.24) is 8.97 Å². The maximum atomic E-state index is 2.50. The highest BCUT2D eigenvalue weighted by molar-refractivity contribution is 6.20. The molecule has 12 aromatic rings. The predicted octanol–water partition coefficient (Wildman–Crippen LogP) is 14.8. The fraction of sp³-hybridized carbons (Fsp3) is 0. The first kappa shape index (κ1) is 31.7. The van der Waals surface area contributed by atoms with Crippen molar-refractivity contribution in [3.05, 3.63) is 212 Å². The SMILES string of the molecule is c1ccc(-c2ccc(N(c3ccc(-n4c5ccccc5c5ccccc54)cc3)c3ccc4c5cccc6c7cccc(c7)c7ccccc7n(c4c3)c65)cc2)cc1. The zero-order chi connectivity index (χ0) is 37.5. The van der Waals surface area contributed by atoms with Crippen LogP contribution in [-0.2, 0) is 0 Å².